The van der Waals surface area contributed by atoms with E-state index < -0.39 is 0 Å². The van der Waals surface area contributed by atoms with Crippen LogP contribution < -0.4 is 10.8 Å². The molecular weight excluding hydrogens is 213 g/mol. The van der Waals surface area contributed by atoms with Crippen molar-refractivity contribution in [3.05, 3.63) is 36.8 Å². The number of nitrogens with zero attached hydrogens (tertiary/aromatic N) is 3. The molecule has 0 aliphatic rings. The summed E-state index contributed by atoms with van der Waals surface area (Å²) in [4.78, 5) is 15.6. The zero-order chi connectivity index (χ0) is 11.7. The zero-order valence-corrected chi connectivity index (χ0v) is 9.31. The predicted octanol–water partition coefficient (Wildman–Crippen LogP) is 0.355. The van der Waals surface area contributed by atoms with E-state index in [1.54, 1.807) is 18.6 Å². The van der Waals surface area contributed by atoms with Gasteiger partial charge in [-0.15, -0.1) is 0 Å². The van der Waals surface area contributed by atoms with E-state index in [4.69, 9.17) is 0 Å². The maximum atomic E-state index is 4.41. The molecule has 0 atom stereocenters. The van der Waals surface area contributed by atoms with E-state index in [0.29, 0.717) is 11.9 Å². The van der Waals surface area contributed by atoms with Crippen molar-refractivity contribution in [2.75, 3.05) is 5.32 Å². The summed E-state index contributed by atoms with van der Waals surface area (Å²) in [6, 6.07) is 6.08. The van der Waals surface area contributed by atoms with Crippen LogP contribution in [-0.2, 0) is 0 Å². The van der Waals surface area contributed by atoms with Crippen LogP contribution in [0.1, 0.15) is 0 Å². The number of hydrogen-bond donors (Lipinski definition) is 2. The summed E-state index contributed by atoms with van der Waals surface area (Å²) in [6.45, 7) is 0. The lowest BCUT2D eigenvalue weighted by Crippen LogP contribution is -2.02. The Morgan fingerprint density at radius 2 is 2.18 bits per heavy atom. The summed E-state index contributed by atoms with van der Waals surface area (Å²) in [6.07, 6.45) is 5.22. The van der Waals surface area contributed by atoms with Crippen molar-refractivity contribution in [1.29, 1.82) is 0 Å². The Bertz CT molecular complexity index is 650. The minimum atomic E-state index is 0.538. The Balaban J connectivity index is 1.99. The molecule has 3 aromatic rings. The van der Waals surface area contributed by atoms with E-state index in [-0.39, 0.29) is 0 Å². The van der Waals surface area contributed by atoms with Gasteiger partial charge in [0.05, 0.1) is 5.52 Å². The Kier molecular flexibility index (Phi) is 2.25. The van der Waals surface area contributed by atoms with Crippen LogP contribution in [0.25, 0.3) is 10.9 Å². The molecule has 0 fully saturated rings. The van der Waals surface area contributed by atoms with E-state index >= 15 is 0 Å². The minimum absolute atomic E-state index is 0.538. The number of anilines is 2. The third kappa shape index (κ3) is 1.97. The highest BCUT2D eigenvalue weighted by atomic mass is 15.2. The number of H-pyrrole nitrogens is 1. The molecule has 5 nitrogen and oxygen atoms in total. The van der Waals surface area contributed by atoms with Crippen molar-refractivity contribution in [2.24, 2.45) is 0 Å². The fourth-order valence-corrected chi connectivity index (χ4v) is 1.65. The molecule has 1 aromatic carbocycles. The maximum Gasteiger partial charge on any atom is 0.230 e. The highest BCUT2D eigenvalue weighted by molar-refractivity contribution is 6.33. The van der Waals surface area contributed by atoms with Gasteiger partial charge in [-0.05, 0) is 6.07 Å². The summed E-state index contributed by atoms with van der Waals surface area (Å²) in [5, 5.41) is 4.04. The second-order valence-corrected chi connectivity index (χ2v) is 3.82. The molecule has 0 aliphatic carbocycles. The van der Waals surface area contributed by atoms with Gasteiger partial charge in [-0.3, -0.25) is 5.32 Å². The number of nitrogens with one attached hydrogen (secondary N) is 2. The molecule has 2 N–H and O–H groups in total. The van der Waals surface area contributed by atoms with Gasteiger partial charge < -0.3 is 4.98 Å². The fourth-order valence-electron chi connectivity index (χ4n) is 1.65. The topological polar surface area (TPSA) is 66.5 Å². The van der Waals surface area contributed by atoms with Gasteiger partial charge in [0.25, 0.3) is 0 Å². The molecule has 3 rings (SSSR count). The van der Waals surface area contributed by atoms with E-state index in [9.17, 15) is 0 Å². The molecule has 0 radical (unpaired) electrons. The number of aromatic nitrogens is 4. The monoisotopic (exact) mass is 223 g/mol. The summed E-state index contributed by atoms with van der Waals surface area (Å²) >= 11 is 0. The number of benzene rings is 1. The highest BCUT2D eigenvalue weighted by Gasteiger charge is 2.01. The molecule has 0 aliphatic heterocycles. The Labute approximate surface area is 98.7 Å². The molecule has 0 spiro atoms. The van der Waals surface area contributed by atoms with E-state index in [1.807, 2.05) is 12.1 Å². The standard InChI is InChI=1S/C11H10BN5/c12-8-1-2-9-7(5-8)6-15-11(16-9)17-10-13-3-4-14-10/h1-6H,12H2,(H2,13,14,15,16,17). The van der Waals surface area contributed by atoms with Crippen LogP contribution in [0.2, 0.25) is 0 Å². The first kappa shape index (κ1) is 9.83. The Morgan fingerprint density at radius 1 is 1.24 bits per heavy atom. The summed E-state index contributed by atoms with van der Waals surface area (Å²) in [5.41, 5.74) is 2.12. The maximum absolute atomic E-state index is 4.41. The number of aromatic amines is 1. The molecule has 0 unspecified atom stereocenters. The van der Waals surface area contributed by atoms with E-state index in [0.717, 1.165) is 10.9 Å². The van der Waals surface area contributed by atoms with Gasteiger partial charge in [0.1, 0.15) is 7.85 Å². The quantitative estimate of drug-likeness (QED) is 0.615. The zero-order valence-electron chi connectivity index (χ0n) is 9.31. The lowest BCUT2D eigenvalue weighted by molar-refractivity contribution is 1.17. The second kappa shape index (κ2) is 3.90. The number of rotatable bonds is 2. The average Bonchev–Trinajstić information content (AvgIpc) is 2.82. The molecule has 0 bridgehead atoms. The summed E-state index contributed by atoms with van der Waals surface area (Å²) < 4.78 is 0. The van der Waals surface area contributed by atoms with Gasteiger partial charge in [0, 0.05) is 24.0 Å². The van der Waals surface area contributed by atoms with Crippen molar-refractivity contribution in [1.82, 2.24) is 19.9 Å². The Hall–Kier alpha value is -2.37. The average molecular weight is 223 g/mol. The number of hydrogen-bond acceptors (Lipinski definition) is 4. The minimum Gasteiger partial charge on any atom is -0.331 e. The van der Waals surface area contributed by atoms with Crippen LogP contribution in [0.5, 0.6) is 0 Å². The first-order chi connectivity index (χ1) is 8.31. The summed E-state index contributed by atoms with van der Waals surface area (Å²) in [7, 11) is 2.05. The van der Waals surface area contributed by atoms with E-state index in [1.165, 1.54) is 5.46 Å². The van der Waals surface area contributed by atoms with Crippen LogP contribution in [0.15, 0.2) is 36.8 Å². The SMILES string of the molecule is Bc1ccc2nc(Nc3ncc[nH]3)ncc2c1. The molecule has 17 heavy (non-hydrogen) atoms. The van der Waals surface area contributed by atoms with Gasteiger partial charge >= 0.3 is 0 Å². The van der Waals surface area contributed by atoms with Crippen LogP contribution in [0.4, 0.5) is 11.9 Å². The largest absolute Gasteiger partial charge is 0.331 e. The first-order valence-corrected chi connectivity index (χ1v) is 5.31. The second-order valence-electron chi connectivity index (χ2n) is 3.82. The smallest absolute Gasteiger partial charge is 0.230 e. The van der Waals surface area contributed by atoms with Crippen LogP contribution in [-0.4, -0.2) is 27.8 Å². The molecule has 82 valence electrons. The van der Waals surface area contributed by atoms with Gasteiger partial charge in [-0.1, -0.05) is 17.6 Å². The molecular formula is C11H10BN5. The lowest BCUT2D eigenvalue weighted by Gasteiger charge is -2.03. The van der Waals surface area contributed by atoms with Gasteiger partial charge in [0.15, 0.2) is 0 Å². The molecule has 2 aromatic heterocycles. The van der Waals surface area contributed by atoms with Gasteiger partial charge in [-0.25, -0.2) is 15.0 Å². The van der Waals surface area contributed by atoms with Crippen molar-refractivity contribution in [3.8, 4) is 0 Å². The molecule has 0 saturated carbocycles. The molecule has 0 amide bonds. The van der Waals surface area contributed by atoms with Crippen LogP contribution in [0.3, 0.4) is 0 Å². The number of imidazole rings is 1. The highest BCUT2D eigenvalue weighted by Crippen LogP contribution is 2.12. The third-order valence-corrected chi connectivity index (χ3v) is 2.46. The lowest BCUT2D eigenvalue weighted by atomic mass is 9.95. The third-order valence-electron chi connectivity index (χ3n) is 2.46. The Morgan fingerprint density at radius 3 is 3.00 bits per heavy atom. The molecule has 2 heterocycles. The first-order valence-electron chi connectivity index (χ1n) is 5.31. The van der Waals surface area contributed by atoms with Crippen LogP contribution in [0, 0.1) is 0 Å². The fraction of sp³-hybridized carbons (Fsp3) is 0. The molecule has 6 heteroatoms. The van der Waals surface area contributed by atoms with Crippen molar-refractivity contribution in [3.63, 3.8) is 0 Å². The molecule has 0 saturated heterocycles. The van der Waals surface area contributed by atoms with Gasteiger partial charge in [0.2, 0.25) is 11.9 Å². The van der Waals surface area contributed by atoms with Crippen molar-refractivity contribution < 1.29 is 0 Å². The van der Waals surface area contributed by atoms with Crippen molar-refractivity contribution in [2.45, 2.75) is 0 Å². The van der Waals surface area contributed by atoms with Crippen LogP contribution >= 0.6 is 0 Å². The number of fused-ring (bicyclic) bond motifs is 1. The van der Waals surface area contributed by atoms with E-state index in [2.05, 4.69) is 39.2 Å². The predicted molar refractivity (Wildman–Crippen MR) is 69.6 cm³/mol. The summed E-state index contributed by atoms with van der Waals surface area (Å²) in [5.74, 6) is 1.17. The van der Waals surface area contributed by atoms with Gasteiger partial charge in [-0.2, -0.15) is 0 Å². The van der Waals surface area contributed by atoms with Crippen molar-refractivity contribution >= 4 is 36.1 Å². The normalized spacial score (nSPS) is 10.6.